The van der Waals surface area contributed by atoms with E-state index in [1.807, 2.05) is 37.3 Å². The van der Waals surface area contributed by atoms with Crippen LogP contribution in [-0.2, 0) is 21.3 Å². The molecule has 0 unspecified atom stereocenters. The first-order chi connectivity index (χ1) is 13.5. The summed E-state index contributed by atoms with van der Waals surface area (Å²) in [5, 5.41) is 6.34. The Morgan fingerprint density at radius 1 is 1.21 bits per heavy atom. The lowest BCUT2D eigenvalue weighted by Crippen LogP contribution is -2.42. The summed E-state index contributed by atoms with van der Waals surface area (Å²) < 4.78 is 32.3. The van der Waals surface area contributed by atoms with Crippen molar-refractivity contribution < 1.29 is 13.2 Å². The predicted molar refractivity (Wildman–Crippen MR) is 129 cm³/mol. The number of hydrogen-bond donors (Lipinski definition) is 3. The lowest BCUT2D eigenvalue weighted by atomic mass is 9.67. The summed E-state index contributed by atoms with van der Waals surface area (Å²) in [6.45, 7) is 4.84. The van der Waals surface area contributed by atoms with Crippen LogP contribution in [-0.4, -0.2) is 53.5 Å². The van der Waals surface area contributed by atoms with Gasteiger partial charge < -0.3 is 15.4 Å². The molecule has 7 nitrogen and oxygen atoms in total. The molecule has 1 aliphatic rings. The first-order valence-corrected chi connectivity index (χ1v) is 11.7. The fourth-order valence-electron chi connectivity index (χ4n) is 3.24. The van der Waals surface area contributed by atoms with E-state index in [-0.39, 0.29) is 35.1 Å². The van der Waals surface area contributed by atoms with Crippen LogP contribution in [0.2, 0.25) is 0 Å². The Morgan fingerprint density at radius 3 is 2.52 bits per heavy atom. The van der Waals surface area contributed by atoms with Gasteiger partial charge in [-0.1, -0.05) is 36.8 Å². The van der Waals surface area contributed by atoms with Crippen LogP contribution in [0.15, 0.2) is 35.3 Å². The molecule has 0 atom stereocenters. The zero-order valence-corrected chi connectivity index (χ0v) is 20.6. The molecule has 9 heteroatoms. The Morgan fingerprint density at radius 2 is 1.93 bits per heavy atom. The van der Waals surface area contributed by atoms with E-state index in [2.05, 4.69) is 15.4 Å². The molecule has 1 aliphatic carbocycles. The number of aliphatic imine (C=N–C) groups is 1. The smallest absolute Gasteiger partial charge is 0.213 e. The molecule has 2 rings (SSSR count). The fourth-order valence-corrected chi connectivity index (χ4v) is 4.14. The molecular weight excluding hydrogens is 503 g/mol. The molecular formula is C20H35IN4O3S. The van der Waals surface area contributed by atoms with Gasteiger partial charge in [0, 0.05) is 39.9 Å². The Hall–Kier alpha value is -0.910. The molecule has 1 aromatic carbocycles. The molecule has 0 amide bonds. The van der Waals surface area contributed by atoms with Crippen molar-refractivity contribution in [3.63, 3.8) is 0 Å². The predicted octanol–water partition coefficient (Wildman–Crippen LogP) is 2.49. The lowest BCUT2D eigenvalue weighted by molar-refractivity contribution is 0.0778. The summed E-state index contributed by atoms with van der Waals surface area (Å²) in [4.78, 5) is 4.70. The van der Waals surface area contributed by atoms with Gasteiger partial charge in [-0.3, -0.25) is 4.99 Å². The highest BCUT2D eigenvalue weighted by atomic mass is 127. The number of sulfonamides is 1. The van der Waals surface area contributed by atoms with Gasteiger partial charge in [0.25, 0.3) is 0 Å². The summed E-state index contributed by atoms with van der Waals surface area (Å²) in [6, 6.07) is 9.50. The molecule has 0 radical (unpaired) electrons. The minimum absolute atomic E-state index is 0. The van der Waals surface area contributed by atoms with E-state index in [0.717, 1.165) is 31.7 Å². The average molecular weight is 538 g/mol. The Bertz CT molecular complexity index is 710. The SMILES string of the molecule is CCNC(=NCC1(CCOC)CCC1)NCCS(=O)(=O)NCc1ccccc1.I. The van der Waals surface area contributed by atoms with E-state index >= 15 is 0 Å². The zero-order valence-electron chi connectivity index (χ0n) is 17.4. The van der Waals surface area contributed by atoms with Crippen molar-refractivity contribution in [2.75, 3.05) is 39.1 Å². The van der Waals surface area contributed by atoms with E-state index in [9.17, 15) is 8.42 Å². The van der Waals surface area contributed by atoms with Gasteiger partial charge in [0.05, 0.1) is 5.75 Å². The largest absolute Gasteiger partial charge is 0.385 e. The summed E-state index contributed by atoms with van der Waals surface area (Å²) in [5.41, 5.74) is 1.18. The highest BCUT2D eigenvalue weighted by Gasteiger charge is 2.36. The van der Waals surface area contributed by atoms with E-state index in [0.29, 0.717) is 19.0 Å². The van der Waals surface area contributed by atoms with Crippen molar-refractivity contribution in [3.8, 4) is 0 Å². The number of benzene rings is 1. The normalized spacial score (nSPS) is 15.9. The maximum absolute atomic E-state index is 12.2. The summed E-state index contributed by atoms with van der Waals surface area (Å²) >= 11 is 0. The molecule has 1 aromatic rings. The summed E-state index contributed by atoms with van der Waals surface area (Å²) in [7, 11) is -1.62. The molecule has 0 heterocycles. The van der Waals surface area contributed by atoms with Crippen molar-refractivity contribution in [1.29, 1.82) is 0 Å². The molecule has 0 saturated heterocycles. The standard InChI is InChI=1S/C20H34N4O3S.HI/c1-3-21-19(23-17-20(10-7-11-20)12-14-27-2)22-13-15-28(25,26)24-16-18-8-5-4-6-9-18;/h4-6,8-9,24H,3,7,10-17H2,1-2H3,(H2,21,22,23);1H. The third-order valence-electron chi connectivity index (χ3n) is 5.17. The number of hydrogen-bond acceptors (Lipinski definition) is 4. The van der Waals surface area contributed by atoms with Crippen LogP contribution in [0.4, 0.5) is 0 Å². The van der Waals surface area contributed by atoms with E-state index in [4.69, 9.17) is 9.73 Å². The number of halogens is 1. The molecule has 0 bridgehead atoms. The van der Waals surface area contributed by atoms with Crippen molar-refractivity contribution >= 4 is 40.0 Å². The van der Waals surface area contributed by atoms with Gasteiger partial charge in [-0.25, -0.2) is 13.1 Å². The lowest BCUT2D eigenvalue weighted by Gasteiger charge is -2.40. The van der Waals surface area contributed by atoms with Crippen LogP contribution in [0.25, 0.3) is 0 Å². The number of nitrogens with one attached hydrogen (secondary N) is 3. The van der Waals surface area contributed by atoms with E-state index in [1.165, 1.54) is 19.3 Å². The fraction of sp³-hybridized carbons (Fsp3) is 0.650. The van der Waals surface area contributed by atoms with Crippen LogP contribution >= 0.6 is 24.0 Å². The van der Waals surface area contributed by atoms with Crippen LogP contribution in [0.1, 0.15) is 38.2 Å². The number of methoxy groups -OCH3 is 1. The molecule has 29 heavy (non-hydrogen) atoms. The van der Waals surface area contributed by atoms with Gasteiger partial charge in [0.2, 0.25) is 10.0 Å². The second-order valence-corrected chi connectivity index (χ2v) is 9.27. The first kappa shape index (κ1) is 26.1. The zero-order chi connectivity index (χ0) is 20.3. The Labute approximate surface area is 192 Å². The molecule has 0 aliphatic heterocycles. The molecule has 1 saturated carbocycles. The minimum atomic E-state index is -3.35. The second kappa shape index (κ2) is 13.4. The average Bonchev–Trinajstić information content (AvgIpc) is 2.66. The van der Waals surface area contributed by atoms with Crippen LogP contribution in [0, 0.1) is 5.41 Å². The van der Waals surface area contributed by atoms with Crippen LogP contribution < -0.4 is 15.4 Å². The van der Waals surface area contributed by atoms with Crippen LogP contribution in [0.3, 0.4) is 0 Å². The highest BCUT2D eigenvalue weighted by molar-refractivity contribution is 14.0. The quantitative estimate of drug-likeness (QED) is 0.216. The first-order valence-electron chi connectivity index (χ1n) is 10.0. The third kappa shape index (κ3) is 9.63. The van der Waals surface area contributed by atoms with Gasteiger partial charge in [0.15, 0.2) is 5.96 Å². The monoisotopic (exact) mass is 538 g/mol. The molecule has 0 spiro atoms. The van der Waals surface area contributed by atoms with Gasteiger partial charge >= 0.3 is 0 Å². The Balaban J connectivity index is 0.00000420. The molecule has 166 valence electrons. The maximum atomic E-state index is 12.2. The number of rotatable bonds is 12. The van der Waals surface area contributed by atoms with Crippen molar-refractivity contribution in [1.82, 2.24) is 15.4 Å². The third-order valence-corrected chi connectivity index (χ3v) is 6.50. The Kier molecular flexibility index (Phi) is 12.1. The van der Waals surface area contributed by atoms with Gasteiger partial charge in [-0.05, 0) is 37.2 Å². The maximum Gasteiger partial charge on any atom is 0.213 e. The number of nitrogens with zero attached hydrogens (tertiary/aromatic N) is 1. The van der Waals surface area contributed by atoms with Gasteiger partial charge in [0.1, 0.15) is 0 Å². The van der Waals surface area contributed by atoms with E-state index < -0.39 is 10.0 Å². The highest BCUT2D eigenvalue weighted by Crippen LogP contribution is 2.44. The van der Waals surface area contributed by atoms with Crippen LogP contribution in [0.5, 0.6) is 0 Å². The minimum Gasteiger partial charge on any atom is -0.385 e. The van der Waals surface area contributed by atoms with Crippen molar-refractivity contribution in [3.05, 3.63) is 35.9 Å². The molecule has 0 aromatic heterocycles. The van der Waals surface area contributed by atoms with Gasteiger partial charge in [-0.2, -0.15) is 0 Å². The number of guanidine groups is 1. The molecule has 3 N–H and O–H groups in total. The van der Waals surface area contributed by atoms with Crippen molar-refractivity contribution in [2.45, 2.75) is 39.2 Å². The van der Waals surface area contributed by atoms with E-state index in [1.54, 1.807) is 7.11 Å². The topological polar surface area (TPSA) is 91.8 Å². The summed E-state index contributed by atoms with van der Waals surface area (Å²) in [5.74, 6) is 0.670. The van der Waals surface area contributed by atoms with Gasteiger partial charge in [-0.15, -0.1) is 24.0 Å². The molecule has 1 fully saturated rings. The second-order valence-electron chi connectivity index (χ2n) is 7.34. The summed E-state index contributed by atoms with van der Waals surface area (Å²) in [6.07, 6.45) is 4.62. The number of ether oxygens (including phenoxy) is 1. The van der Waals surface area contributed by atoms with Crippen molar-refractivity contribution in [2.24, 2.45) is 10.4 Å².